The second-order valence-corrected chi connectivity index (χ2v) is 6.52. The van der Waals surface area contributed by atoms with Crippen LogP contribution < -0.4 is 4.90 Å². The Morgan fingerprint density at radius 2 is 1.95 bits per heavy atom. The van der Waals surface area contributed by atoms with Crippen LogP contribution in [0.4, 0.5) is 14.5 Å². The zero-order chi connectivity index (χ0) is 15.9. The van der Waals surface area contributed by atoms with Crippen LogP contribution in [0.1, 0.15) is 10.9 Å². The predicted molar refractivity (Wildman–Crippen MR) is 85.5 cm³/mol. The van der Waals surface area contributed by atoms with Crippen LogP contribution in [0, 0.1) is 11.6 Å². The van der Waals surface area contributed by atoms with Gasteiger partial charge in [-0.25, -0.2) is 8.78 Å². The van der Waals surface area contributed by atoms with Crippen molar-refractivity contribution >= 4 is 46.6 Å². The fourth-order valence-corrected chi connectivity index (χ4v) is 3.97. The fraction of sp³-hybridized carbons (Fsp3) is 0.133. The van der Waals surface area contributed by atoms with Crippen LogP contribution in [0.2, 0.25) is 10.0 Å². The maximum absolute atomic E-state index is 14.0. The molecule has 3 rings (SSSR count). The molecular weight excluding hydrogens is 351 g/mol. The third kappa shape index (κ3) is 2.69. The molecule has 114 valence electrons. The zero-order valence-corrected chi connectivity index (χ0v) is 13.4. The summed E-state index contributed by atoms with van der Waals surface area (Å²) in [6, 6.07) is 8.20. The van der Waals surface area contributed by atoms with Crippen LogP contribution in [0.5, 0.6) is 0 Å². The molecule has 0 aliphatic carbocycles. The first kappa shape index (κ1) is 15.6. The van der Waals surface area contributed by atoms with Gasteiger partial charge in [-0.15, -0.1) is 11.8 Å². The number of carbonyl (C=O) groups excluding carboxylic acids is 1. The van der Waals surface area contributed by atoms with E-state index in [2.05, 4.69) is 0 Å². The Hall–Kier alpha value is -1.30. The summed E-state index contributed by atoms with van der Waals surface area (Å²) in [5.74, 6) is -1.57. The Kier molecular flexibility index (Phi) is 4.30. The van der Waals surface area contributed by atoms with E-state index in [0.29, 0.717) is 15.6 Å². The first-order valence-electron chi connectivity index (χ1n) is 6.31. The van der Waals surface area contributed by atoms with Crippen LogP contribution in [0.15, 0.2) is 36.4 Å². The van der Waals surface area contributed by atoms with Gasteiger partial charge in [0.25, 0.3) is 0 Å². The summed E-state index contributed by atoms with van der Waals surface area (Å²) in [6.07, 6.45) is 0. The number of rotatable bonds is 2. The molecule has 0 N–H and O–H groups in total. The molecule has 2 nitrogen and oxygen atoms in total. The third-order valence-corrected chi connectivity index (χ3v) is 5.31. The first-order chi connectivity index (χ1) is 10.5. The monoisotopic (exact) mass is 359 g/mol. The summed E-state index contributed by atoms with van der Waals surface area (Å²) in [5.41, 5.74) is 0.645. The van der Waals surface area contributed by atoms with Crippen molar-refractivity contribution in [1.29, 1.82) is 0 Å². The Morgan fingerprint density at radius 1 is 1.18 bits per heavy atom. The molecule has 7 heteroatoms. The Balaban J connectivity index is 2.08. The summed E-state index contributed by atoms with van der Waals surface area (Å²) in [5, 5.41) is 0.182. The molecule has 1 aliphatic heterocycles. The molecule has 1 amide bonds. The van der Waals surface area contributed by atoms with Gasteiger partial charge >= 0.3 is 0 Å². The number of hydrogen-bond donors (Lipinski definition) is 0. The average molecular weight is 360 g/mol. The quantitative estimate of drug-likeness (QED) is 0.747. The minimum atomic E-state index is -0.793. The van der Waals surface area contributed by atoms with E-state index >= 15 is 0 Å². The Bertz CT molecular complexity index is 756. The minimum Gasteiger partial charge on any atom is -0.292 e. The van der Waals surface area contributed by atoms with Crippen LogP contribution in [0.25, 0.3) is 0 Å². The third-order valence-electron chi connectivity index (χ3n) is 3.28. The van der Waals surface area contributed by atoms with Gasteiger partial charge in [0.05, 0.1) is 21.5 Å². The van der Waals surface area contributed by atoms with Crippen molar-refractivity contribution < 1.29 is 13.6 Å². The second kappa shape index (κ2) is 6.07. The van der Waals surface area contributed by atoms with E-state index in [4.69, 9.17) is 23.2 Å². The number of anilines is 1. The summed E-state index contributed by atoms with van der Waals surface area (Å²) in [6.45, 7) is 0. The van der Waals surface area contributed by atoms with Gasteiger partial charge in [0.2, 0.25) is 5.91 Å². The summed E-state index contributed by atoms with van der Waals surface area (Å²) < 4.78 is 27.1. The van der Waals surface area contributed by atoms with Crippen molar-refractivity contribution in [3.63, 3.8) is 0 Å². The predicted octanol–water partition coefficient (Wildman–Crippen LogP) is 5.05. The van der Waals surface area contributed by atoms with Gasteiger partial charge in [0, 0.05) is 11.6 Å². The Labute approximate surface area is 140 Å². The van der Waals surface area contributed by atoms with Crippen molar-refractivity contribution in [2.75, 3.05) is 10.7 Å². The number of hydrogen-bond acceptors (Lipinski definition) is 2. The van der Waals surface area contributed by atoms with E-state index in [0.717, 1.165) is 12.1 Å². The van der Waals surface area contributed by atoms with Crippen LogP contribution >= 0.6 is 35.0 Å². The van der Waals surface area contributed by atoms with Gasteiger partial charge in [0.1, 0.15) is 17.0 Å². The molecule has 22 heavy (non-hydrogen) atoms. The molecule has 1 fully saturated rings. The highest BCUT2D eigenvalue weighted by Gasteiger charge is 2.36. The van der Waals surface area contributed by atoms with Gasteiger partial charge in [-0.1, -0.05) is 35.3 Å². The van der Waals surface area contributed by atoms with Crippen molar-refractivity contribution in [3.8, 4) is 0 Å². The topological polar surface area (TPSA) is 20.3 Å². The zero-order valence-electron chi connectivity index (χ0n) is 11.0. The number of benzene rings is 2. The molecule has 0 spiro atoms. The van der Waals surface area contributed by atoms with E-state index < -0.39 is 17.0 Å². The minimum absolute atomic E-state index is 0.0254. The maximum atomic E-state index is 14.0. The highest BCUT2D eigenvalue weighted by Crippen LogP contribution is 2.45. The molecular formula is C15H9Cl2F2NOS. The standard InChI is InChI=1S/C15H9Cl2F2NOS/c16-10-3-1-2-9(14(10)17)15-20(13(21)7-22-15)12-5-4-8(18)6-11(12)19/h1-6,15H,7H2. The molecule has 0 bridgehead atoms. The summed E-state index contributed by atoms with van der Waals surface area (Å²) >= 11 is 13.5. The van der Waals surface area contributed by atoms with Crippen molar-refractivity contribution in [2.24, 2.45) is 0 Å². The van der Waals surface area contributed by atoms with E-state index in [9.17, 15) is 13.6 Å². The highest BCUT2D eigenvalue weighted by molar-refractivity contribution is 8.00. The van der Waals surface area contributed by atoms with E-state index in [1.165, 1.54) is 22.7 Å². The normalized spacial score (nSPS) is 18.1. The molecule has 2 aromatic carbocycles. The maximum Gasteiger partial charge on any atom is 0.238 e. The number of amides is 1. The molecule has 2 aromatic rings. The lowest BCUT2D eigenvalue weighted by Gasteiger charge is -2.25. The van der Waals surface area contributed by atoms with Crippen LogP contribution in [0.3, 0.4) is 0 Å². The lowest BCUT2D eigenvalue weighted by molar-refractivity contribution is -0.115. The van der Waals surface area contributed by atoms with Crippen molar-refractivity contribution in [1.82, 2.24) is 0 Å². The van der Waals surface area contributed by atoms with Gasteiger partial charge < -0.3 is 0 Å². The molecule has 1 atom stereocenters. The molecule has 1 saturated heterocycles. The highest BCUT2D eigenvalue weighted by atomic mass is 35.5. The van der Waals surface area contributed by atoms with Crippen molar-refractivity contribution in [3.05, 3.63) is 63.6 Å². The average Bonchev–Trinajstić information content (AvgIpc) is 2.84. The molecule has 1 aliphatic rings. The Morgan fingerprint density at radius 3 is 2.68 bits per heavy atom. The van der Waals surface area contributed by atoms with E-state index in [-0.39, 0.29) is 17.3 Å². The van der Waals surface area contributed by atoms with Gasteiger partial charge in [-0.3, -0.25) is 9.69 Å². The summed E-state index contributed by atoms with van der Waals surface area (Å²) in [4.78, 5) is 13.4. The first-order valence-corrected chi connectivity index (χ1v) is 8.12. The fourth-order valence-electron chi connectivity index (χ4n) is 2.30. The smallest absolute Gasteiger partial charge is 0.238 e. The lowest BCUT2D eigenvalue weighted by atomic mass is 10.1. The van der Waals surface area contributed by atoms with Gasteiger partial charge in [0.15, 0.2) is 0 Å². The van der Waals surface area contributed by atoms with E-state index in [1.807, 2.05) is 0 Å². The number of halogens is 4. The van der Waals surface area contributed by atoms with Crippen molar-refractivity contribution in [2.45, 2.75) is 5.37 Å². The lowest BCUT2D eigenvalue weighted by Crippen LogP contribution is -2.28. The molecule has 1 unspecified atom stereocenters. The van der Waals surface area contributed by atoms with Crippen LogP contribution in [-0.2, 0) is 4.79 Å². The number of nitrogens with zero attached hydrogens (tertiary/aromatic N) is 1. The number of thioether (sulfide) groups is 1. The second-order valence-electron chi connectivity index (χ2n) is 4.67. The molecule has 0 radical (unpaired) electrons. The van der Waals surface area contributed by atoms with Gasteiger partial charge in [-0.2, -0.15) is 0 Å². The summed E-state index contributed by atoms with van der Waals surface area (Å²) in [7, 11) is 0. The number of carbonyl (C=O) groups is 1. The van der Waals surface area contributed by atoms with Gasteiger partial charge in [-0.05, 0) is 18.2 Å². The molecule has 1 heterocycles. The van der Waals surface area contributed by atoms with Crippen LogP contribution in [-0.4, -0.2) is 11.7 Å². The SMILES string of the molecule is O=C1CSC(c2cccc(Cl)c2Cl)N1c1ccc(F)cc1F. The molecule has 0 saturated carbocycles. The molecule has 0 aromatic heterocycles. The largest absolute Gasteiger partial charge is 0.292 e. The van der Waals surface area contributed by atoms with E-state index in [1.54, 1.807) is 18.2 Å².